The molecule has 7 nitrogen and oxygen atoms in total. The predicted octanol–water partition coefficient (Wildman–Crippen LogP) is 3.95. The summed E-state index contributed by atoms with van der Waals surface area (Å²) < 4.78 is 11.8. The number of amides is 2. The zero-order valence-electron chi connectivity index (χ0n) is 17.4. The van der Waals surface area contributed by atoms with Crippen molar-refractivity contribution in [3.63, 3.8) is 0 Å². The number of nitrogens with zero attached hydrogens (tertiary/aromatic N) is 2. The van der Waals surface area contributed by atoms with Crippen LogP contribution in [0.3, 0.4) is 0 Å². The summed E-state index contributed by atoms with van der Waals surface area (Å²) >= 11 is 0.959. The van der Waals surface area contributed by atoms with E-state index in [2.05, 4.69) is 0 Å². The highest BCUT2D eigenvalue weighted by Gasteiger charge is 2.34. The lowest BCUT2D eigenvalue weighted by Gasteiger charge is -2.11. The van der Waals surface area contributed by atoms with Gasteiger partial charge >= 0.3 is 5.97 Å². The highest BCUT2D eigenvalue weighted by atomic mass is 32.2. The lowest BCUT2D eigenvalue weighted by Crippen LogP contribution is -2.29. The summed E-state index contributed by atoms with van der Waals surface area (Å²) in [5.74, 6) is -0.655. The van der Waals surface area contributed by atoms with Crippen LogP contribution in [0.1, 0.15) is 33.7 Å². The Bertz CT molecular complexity index is 1010. The van der Waals surface area contributed by atoms with Crippen molar-refractivity contribution in [2.24, 2.45) is 0 Å². The number of hydrogen-bond acceptors (Lipinski definition) is 6. The van der Waals surface area contributed by atoms with E-state index in [-0.39, 0.29) is 17.1 Å². The zero-order chi connectivity index (χ0) is 21.8. The van der Waals surface area contributed by atoms with Crippen LogP contribution in [0.4, 0.5) is 4.79 Å². The average molecular weight is 429 g/mol. The van der Waals surface area contributed by atoms with Crippen molar-refractivity contribution >= 4 is 35.0 Å². The van der Waals surface area contributed by atoms with Gasteiger partial charge in [-0.1, -0.05) is 0 Å². The molecule has 2 aromatic rings. The molecule has 30 heavy (non-hydrogen) atoms. The Morgan fingerprint density at radius 3 is 2.47 bits per heavy atom. The third-order valence-electron chi connectivity index (χ3n) is 4.91. The summed E-state index contributed by atoms with van der Waals surface area (Å²) in [6, 6.07) is 9.10. The first-order valence-electron chi connectivity index (χ1n) is 9.49. The molecule has 1 aliphatic heterocycles. The molecule has 2 heterocycles. The Kier molecular flexibility index (Phi) is 6.79. The fourth-order valence-corrected chi connectivity index (χ4v) is 4.25. The number of thioether (sulfide) groups is 1. The summed E-state index contributed by atoms with van der Waals surface area (Å²) in [4.78, 5) is 38.2. The number of methoxy groups -OCH3 is 2. The third-order valence-corrected chi connectivity index (χ3v) is 5.81. The summed E-state index contributed by atoms with van der Waals surface area (Å²) in [5.41, 5.74) is 4.15. The Morgan fingerprint density at radius 1 is 1.13 bits per heavy atom. The van der Waals surface area contributed by atoms with E-state index < -0.39 is 0 Å². The number of imide groups is 1. The average Bonchev–Trinajstić information content (AvgIpc) is 3.17. The van der Waals surface area contributed by atoms with E-state index in [9.17, 15) is 14.4 Å². The van der Waals surface area contributed by atoms with Crippen molar-refractivity contribution < 1.29 is 23.9 Å². The van der Waals surface area contributed by atoms with Gasteiger partial charge in [-0.15, -0.1) is 0 Å². The Hall–Kier alpha value is -2.84. The molecule has 0 radical (unpaired) electrons. The minimum Gasteiger partial charge on any atom is -0.465 e. The number of rotatable bonds is 7. The van der Waals surface area contributed by atoms with Gasteiger partial charge in [0.25, 0.3) is 11.1 Å². The maximum Gasteiger partial charge on any atom is 0.337 e. The van der Waals surface area contributed by atoms with Gasteiger partial charge in [0.15, 0.2) is 0 Å². The number of benzene rings is 1. The third kappa shape index (κ3) is 4.34. The zero-order valence-corrected chi connectivity index (χ0v) is 18.2. The standard InChI is InChI=1S/C22H24N2O5S/c1-14-12-17(13-19-20(25)23(22(27)30-19)10-5-11-28-3)15(2)24(14)18-8-6-16(7-9-18)21(26)29-4/h6-9,12-13H,5,10-11H2,1-4H3/b19-13+. The second kappa shape index (κ2) is 9.32. The molecular formula is C22H24N2O5S. The van der Waals surface area contributed by atoms with Crippen LogP contribution < -0.4 is 0 Å². The Balaban J connectivity index is 1.86. The van der Waals surface area contributed by atoms with Crippen LogP contribution in [0.25, 0.3) is 11.8 Å². The van der Waals surface area contributed by atoms with E-state index in [1.807, 2.05) is 36.6 Å². The molecule has 1 saturated heterocycles. The van der Waals surface area contributed by atoms with Gasteiger partial charge in [-0.25, -0.2) is 4.79 Å². The van der Waals surface area contributed by atoms with Crippen LogP contribution >= 0.6 is 11.8 Å². The maximum atomic E-state index is 12.6. The van der Waals surface area contributed by atoms with Gasteiger partial charge in [0, 0.05) is 37.3 Å². The van der Waals surface area contributed by atoms with E-state index >= 15 is 0 Å². The molecule has 0 spiro atoms. The molecule has 0 unspecified atom stereocenters. The molecule has 1 aliphatic rings. The Morgan fingerprint density at radius 2 is 1.83 bits per heavy atom. The minimum atomic E-state index is -0.385. The number of carbonyl (C=O) groups is 3. The number of esters is 1. The van der Waals surface area contributed by atoms with Gasteiger partial charge in [0.2, 0.25) is 0 Å². The topological polar surface area (TPSA) is 77.8 Å². The highest BCUT2D eigenvalue weighted by Crippen LogP contribution is 2.33. The summed E-state index contributed by atoms with van der Waals surface area (Å²) in [6.45, 7) is 4.77. The predicted molar refractivity (Wildman–Crippen MR) is 116 cm³/mol. The molecule has 0 aliphatic carbocycles. The van der Waals surface area contributed by atoms with Crippen molar-refractivity contribution in [3.05, 3.63) is 57.8 Å². The number of carbonyl (C=O) groups excluding carboxylic acids is 3. The van der Waals surface area contributed by atoms with E-state index in [1.165, 1.54) is 12.0 Å². The van der Waals surface area contributed by atoms with Gasteiger partial charge in [-0.3, -0.25) is 14.5 Å². The van der Waals surface area contributed by atoms with Gasteiger partial charge in [-0.05, 0) is 74.0 Å². The first kappa shape index (κ1) is 21.9. The van der Waals surface area contributed by atoms with Gasteiger partial charge in [0.05, 0.1) is 17.6 Å². The van der Waals surface area contributed by atoms with Crippen molar-refractivity contribution in [1.29, 1.82) is 0 Å². The number of ether oxygens (including phenoxy) is 2. The molecular weight excluding hydrogens is 404 g/mol. The van der Waals surface area contributed by atoms with E-state index in [0.717, 1.165) is 34.4 Å². The second-order valence-electron chi connectivity index (χ2n) is 6.88. The lowest BCUT2D eigenvalue weighted by atomic mass is 10.2. The SMILES string of the molecule is COCCCN1C(=O)S/C(=C/c2cc(C)n(-c3ccc(C(=O)OC)cc3)c2C)C1=O. The van der Waals surface area contributed by atoms with Crippen LogP contribution in [0, 0.1) is 13.8 Å². The van der Waals surface area contributed by atoms with Crippen LogP contribution in [-0.4, -0.2) is 54.0 Å². The molecule has 2 amide bonds. The second-order valence-corrected chi connectivity index (χ2v) is 7.87. The van der Waals surface area contributed by atoms with E-state index in [1.54, 1.807) is 25.3 Å². The summed E-state index contributed by atoms with van der Waals surface area (Å²) in [5, 5.41) is -0.255. The summed E-state index contributed by atoms with van der Waals surface area (Å²) in [7, 11) is 2.94. The molecule has 0 atom stereocenters. The van der Waals surface area contributed by atoms with Crippen LogP contribution in [0.2, 0.25) is 0 Å². The van der Waals surface area contributed by atoms with E-state index in [0.29, 0.717) is 30.0 Å². The molecule has 0 N–H and O–H groups in total. The van der Waals surface area contributed by atoms with Crippen LogP contribution in [0.5, 0.6) is 0 Å². The van der Waals surface area contributed by atoms with Gasteiger partial charge in [-0.2, -0.15) is 0 Å². The van der Waals surface area contributed by atoms with Gasteiger partial charge in [0.1, 0.15) is 0 Å². The molecule has 0 saturated carbocycles. The molecule has 1 aromatic heterocycles. The maximum absolute atomic E-state index is 12.6. The lowest BCUT2D eigenvalue weighted by molar-refractivity contribution is -0.122. The highest BCUT2D eigenvalue weighted by molar-refractivity contribution is 8.18. The van der Waals surface area contributed by atoms with Crippen molar-refractivity contribution in [2.45, 2.75) is 20.3 Å². The summed E-state index contributed by atoms with van der Waals surface area (Å²) in [6.07, 6.45) is 2.38. The smallest absolute Gasteiger partial charge is 0.337 e. The van der Waals surface area contributed by atoms with Gasteiger partial charge < -0.3 is 14.0 Å². The van der Waals surface area contributed by atoms with Crippen LogP contribution in [-0.2, 0) is 14.3 Å². The molecule has 1 fully saturated rings. The Labute approximate surface area is 179 Å². The number of aromatic nitrogens is 1. The van der Waals surface area contributed by atoms with E-state index in [4.69, 9.17) is 9.47 Å². The monoisotopic (exact) mass is 428 g/mol. The number of hydrogen-bond donors (Lipinski definition) is 0. The molecule has 3 rings (SSSR count). The quantitative estimate of drug-likeness (QED) is 0.377. The molecule has 0 bridgehead atoms. The fourth-order valence-electron chi connectivity index (χ4n) is 3.40. The molecule has 8 heteroatoms. The van der Waals surface area contributed by atoms with Crippen molar-refractivity contribution in [2.75, 3.05) is 27.4 Å². The first-order chi connectivity index (χ1) is 14.4. The van der Waals surface area contributed by atoms with Crippen molar-refractivity contribution in [3.8, 4) is 5.69 Å². The van der Waals surface area contributed by atoms with Crippen LogP contribution in [0.15, 0.2) is 35.2 Å². The van der Waals surface area contributed by atoms with Crippen molar-refractivity contribution in [1.82, 2.24) is 9.47 Å². The fraction of sp³-hybridized carbons (Fsp3) is 0.318. The molecule has 1 aromatic carbocycles. The minimum absolute atomic E-state index is 0.255. The molecule has 158 valence electrons. The first-order valence-corrected chi connectivity index (χ1v) is 10.3. The number of aryl methyl sites for hydroxylation is 1. The normalized spacial score (nSPS) is 15.3. The largest absolute Gasteiger partial charge is 0.465 e.